The van der Waals surface area contributed by atoms with Crippen LogP contribution in [0, 0.1) is 11.3 Å². The third-order valence-corrected chi connectivity index (χ3v) is 7.26. The SMILES string of the molecule is Cn1cc(S(=O)(=O)N2C[C@]3(C)CC[C@@H](C3)C2(C)C)cn1. The van der Waals surface area contributed by atoms with E-state index in [-0.39, 0.29) is 11.0 Å². The van der Waals surface area contributed by atoms with Gasteiger partial charge >= 0.3 is 0 Å². The molecule has 0 N–H and O–H groups in total. The van der Waals surface area contributed by atoms with Crippen molar-refractivity contribution < 1.29 is 8.42 Å². The van der Waals surface area contributed by atoms with Crippen LogP contribution in [0.25, 0.3) is 0 Å². The van der Waals surface area contributed by atoms with Gasteiger partial charge in [0.1, 0.15) is 4.90 Å². The molecule has 0 amide bonds. The largest absolute Gasteiger partial charge is 0.274 e. The van der Waals surface area contributed by atoms with Crippen LogP contribution in [0.4, 0.5) is 0 Å². The molecule has 0 unspecified atom stereocenters. The van der Waals surface area contributed by atoms with Gasteiger partial charge in [0.05, 0.1) is 6.20 Å². The van der Waals surface area contributed by atoms with Crippen molar-refractivity contribution in [3.05, 3.63) is 12.4 Å². The molecular formula is C14H23N3O2S. The first-order chi connectivity index (χ1) is 9.15. The van der Waals surface area contributed by atoms with Crippen LogP contribution in [0.2, 0.25) is 0 Å². The van der Waals surface area contributed by atoms with Gasteiger partial charge in [-0.25, -0.2) is 8.42 Å². The molecule has 1 saturated heterocycles. The van der Waals surface area contributed by atoms with Crippen LogP contribution < -0.4 is 0 Å². The Bertz CT molecular complexity index is 635. The maximum Gasteiger partial charge on any atom is 0.246 e. The Labute approximate surface area is 121 Å². The summed E-state index contributed by atoms with van der Waals surface area (Å²) in [5.74, 6) is 0.452. The van der Waals surface area contributed by atoms with Crippen molar-refractivity contribution >= 4 is 10.0 Å². The van der Waals surface area contributed by atoms with Crippen molar-refractivity contribution in [2.45, 2.75) is 50.5 Å². The molecule has 3 rings (SSSR count). The maximum atomic E-state index is 12.9. The minimum Gasteiger partial charge on any atom is -0.274 e. The maximum absolute atomic E-state index is 12.9. The highest BCUT2D eigenvalue weighted by molar-refractivity contribution is 7.89. The van der Waals surface area contributed by atoms with E-state index in [0.29, 0.717) is 17.4 Å². The second-order valence-electron chi connectivity index (χ2n) is 7.27. The van der Waals surface area contributed by atoms with Crippen molar-refractivity contribution in [2.24, 2.45) is 18.4 Å². The molecular weight excluding hydrogens is 274 g/mol. The molecule has 0 spiro atoms. The van der Waals surface area contributed by atoms with Crippen LogP contribution >= 0.6 is 0 Å². The highest BCUT2D eigenvalue weighted by Crippen LogP contribution is 2.54. The highest BCUT2D eigenvalue weighted by atomic mass is 32.2. The number of nitrogens with zero attached hydrogens (tertiary/aromatic N) is 3. The molecule has 2 heterocycles. The zero-order chi connectivity index (χ0) is 14.8. The zero-order valence-corrected chi connectivity index (χ0v) is 13.4. The fourth-order valence-corrected chi connectivity index (χ4v) is 5.85. The van der Waals surface area contributed by atoms with E-state index in [4.69, 9.17) is 0 Å². The van der Waals surface area contributed by atoms with Crippen molar-refractivity contribution in [2.75, 3.05) is 6.54 Å². The standard InChI is InChI=1S/C14H23N3O2S/c1-13(2)11-5-6-14(3,7-11)10-17(13)20(18,19)12-8-15-16(4)9-12/h8-9,11H,5-7,10H2,1-4H3/t11-,14+/m0/s1. The van der Waals surface area contributed by atoms with Gasteiger partial charge in [-0.3, -0.25) is 4.68 Å². The molecule has 6 heteroatoms. The molecule has 2 atom stereocenters. The second-order valence-corrected chi connectivity index (χ2v) is 9.13. The Hall–Kier alpha value is -0.880. The molecule has 1 aromatic heterocycles. The Balaban J connectivity index is 2.04. The van der Waals surface area contributed by atoms with Gasteiger partial charge in [0.25, 0.3) is 0 Å². The second kappa shape index (κ2) is 4.07. The first-order valence-electron chi connectivity index (χ1n) is 7.17. The van der Waals surface area contributed by atoms with E-state index < -0.39 is 10.0 Å². The first-order valence-corrected chi connectivity index (χ1v) is 8.61. The molecule has 0 radical (unpaired) electrons. The zero-order valence-electron chi connectivity index (χ0n) is 12.6. The van der Waals surface area contributed by atoms with E-state index in [1.165, 1.54) is 6.20 Å². The van der Waals surface area contributed by atoms with E-state index >= 15 is 0 Å². The van der Waals surface area contributed by atoms with Crippen LogP contribution in [0.15, 0.2) is 17.3 Å². The van der Waals surface area contributed by atoms with E-state index in [2.05, 4.69) is 25.9 Å². The van der Waals surface area contributed by atoms with Gasteiger partial charge in [0.15, 0.2) is 0 Å². The molecule has 1 aliphatic heterocycles. The van der Waals surface area contributed by atoms with Gasteiger partial charge in [0, 0.05) is 25.3 Å². The van der Waals surface area contributed by atoms with Crippen LogP contribution in [-0.2, 0) is 17.1 Å². The van der Waals surface area contributed by atoms with Crippen LogP contribution in [0.3, 0.4) is 0 Å². The van der Waals surface area contributed by atoms with Gasteiger partial charge < -0.3 is 0 Å². The number of hydrogen-bond donors (Lipinski definition) is 0. The average molecular weight is 297 g/mol. The quantitative estimate of drug-likeness (QED) is 0.839. The Kier molecular flexibility index (Phi) is 2.86. The lowest BCUT2D eigenvalue weighted by atomic mass is 9.77. The number of fused-ring (bicyclic) bond motifs is 2. The first kappa shape index (κ1) is 14.1. The Morgan fingerprint density at radius 2 is 2.05 bits per heavy atom. The number of aromatic nitrogens is 2. The molecule has 1 saturated carbocycles. The summed E-state index contributed by atoms with van der Waals surface area (Å²) in [6.07, 6.45) is 6.43. The minimum atomic E-state index is -3.46. The van der Waals surface area contributed by atoms with E-state index in [1.54, 1.807) is 22.2 Å². The normalized spacial score (nSPS) is 33.5. The van der Waals surface area contributed by atoms with Gasteiger partial charge in [0.2, 0.25) is 10.0 Å². The third-order valence-electron chi connectivity index (χ3n) is 5.27. The Morgan fingerprint density at radius 3 is 2.65 bits per heavy atom. The fourth-order valence-electron chi connectivity index (χ4n) is 3.88. The lowest BCUT2D eigenvalue weighted by molar-refractivity contribution is 0.0607. The van der Waals surface area contributed by atoms with Crippen molar-refractivity contribution in [1.29, 1.82) is 0 Å². The third kappa shape index (κ3) is 1.92. The number of piperidine rings is 1. The van der Waals surface area contributed by atoms with E-state index in [1.807, 2.05) is 0 Å². The fraction of sp³-hybridized carbons (Fsp3) is 0.786. The molecule has 2 bridgehead atoms. The lowest BCUT2D eigenvalue weighted by Gasteiger charge is -2.48. The van der Waals surface area contributed by atoms with Crippen LogP contribution in [-0.4, -0.2) is 34.6 Å². The van der Waals surface area contributed by atoms with Crippen LogP contribution in [0.1, 0.15) is 40.0 Å². The smallest absolute Gasteiger partial charge is 0.246 e. The summed E-state index contributed by atoms with van der Waals surface area (Å²) in [4.78, 5) is 0.304. The van der Waals surface area contributed by atoms with Gasteiger partial charge in [-0.2, -0.15) is 9.40 Å². The number of aryl methyl sites for hydroxylation is 1. The van der Waals surface area contributed by atoms with Gasteiger partial charge in [-0.1, -0.05) is 6.92 Å². The predicted octanol–water partition coefficient (Wildman–Crippen LogP) is 2.01. The molecule has 20 heavy (non-hydrogen) atoms. The average Bonchev–Trinajstić information content (AvgIpc) is 2.91. The summed E-state index contributed by atoms with van der Waals surface area (Å²) in [5, 5.41) is 4.01. The van der Waals surface area contributed by atoms with E-state index in [0.717, 1.165) is 19.3 Å². The predicted molar refractivity (Wildman–Crippen MR) is 76.6 cm³/mol. The molecule has 1 aromatic rings. The molecule has 2 fully saturated rings. The summed E-state index contributed by atoms with van der Waals surface area (Å²) >= 11 is 0. The van der Waals surface area contributed by atoms with Gasteiger partial charge in [-0.15, -0.1) is 0 Å². The van der Waals surface area contributed by atoms with Crippen molar-refractivity contribution in [3.8, 4) is 0 Å². The Morgan fingerprint density at radius 1 is 1.35 bits per heavy atom. The lowest BCUT2D eigenvalue weighted by Crippen LogP contribution is -2.57. The molecule has 5 nitrogen and oxygen atoms in total. The summed E-state index contributed by atoms with van der Waals surface area (Å²) in [6, 6.07) is 0. The summed E-state index contributed by atoms with van der Waals surface area (Å²) in [7, 11) is -1.72. The monoisotopic (exact) mass is 297 g/mol. The summed E-state index contributed by atoms with van der Waals surface area (Å²) in [5.41, 5.74) is -0.180. The molecule has 2 aliphatic rings. The van der Waals surface area contributed by atoms with Gasteiger partial charge in [-0.05, 0) is 44.4 Å². The summed E-state index contributed by atoms with van der Waals surface area (Å²) in [6.45, 7) is 6.97. The molecule has 0 aromatic carbocycles. The number of rotatable bonds is 2. The van der Waals surface area contributed by atoms with E-state index in [9.17, 15) is 8.42 Å². The van der Waals surface area contributed by atoms with Crippen molar-refractivity contribution in [1.82, 2.24) is 14.1 Å². The van der Waals surface area contributed by atoms with Crippen LogP contribution in [0.5, 0.6) is 0 Å². The van der Waals surface area contributed by atoms with Crippen molar-refractivity contribution in [3.63, 3.8) is 0 Å². The minimum absolute atomic E-state index is 0.134. The molecule has 112 valence electrons. The highest BCUT2D eigenvalue weighted by Gasteiger charge is 2.55. The number of sulfonamides is 1. The number of hydrogen-bond acceptors (Lipinski definition) is 3. The molecule has 1 aliphatic carbocycles. The summed E-state index contributed by atoms with van der Waals surface area (Å²) < 4.78 is 29.2. The topological polar surface area (TPSA) is 55.2 Å².